The van der Waals surface area contributed by atoms with Gasteiger partial charge in [0.1, 0.15) is 11.6 Å². The van der Waals surface area contributed by atoms with Crippen LogP contribution in [-0.4, -0.2) is 17.0 Å². The molecule has 0 saturated heterocycles. The molecule has 0 bridgehead atoms. The van der Waals surface area contributed by atoms with E-state index in [2.05, 4.69) is 22.6 Å². The van der Waals surface area contributed by atoms with Crippen LogP contribution in [0.5, 0.6) is 5.75 Å². The number of carbonyl (C=O) groups is 2. The van der Waals surface area contributed by atoms with Gasteiger partial charge in [0.15, 0.2) is 0 Å². The first-order chi connectivity index (χ1) is 9.47. The molecule has 0 radical (unpaired) electrons. The normalized spacial score (nSPS) is 10.1. The topological polar surface area (TPSA) is 63.6 Å². The highest BCUT2D eigenvalue weighted by Crippen LogP contribution is 2.18. The maximum Gasteiger partial charge on any atom is 0.343 e. The summed E-state index contributed by atoms with van der Waals surface area (Å²) in [5, 5.41) is 8.69. The number of carbonyl (C=O) groups excluding carboxylic acids is 1. The van der Waals surface area contributed by atoms with Crippen LogP contribution in [0.3, 0.4) is 0 Å². The van der Waals surface area contributed by atoms with Crippen LogP contribution < -0.4 is 4.74 Å². The predicted octanol–water partition coefficient (Wildman–Crippen LogP) is 3.35. The maximum atomic E-state index is 13.4. The van der Waals surface area contributed by atoms with Gasteiger partial charge in [0, 0.05) is 9.64 Å². The Morgan fingerprint density at radius 3 is 2.30 bits per heavy atom. The minimum Gasteiger partial charge on any atom is -0.478 e. The van der Waals surface area contributed by atoms with Crippen molar-refractivity contribution in [1.29, 1.82) is 0 Å². The van der Waals surface area contributed by atoms with Crippen molar-refractivity contribution >= 4 is 34.5 Å². The van der Waals surface area contributed by atoms with E-state index in [1.165, 1.54) is 6.07 Å². The summed E-state index contributed by atoms with van der Waals surface area (Å²) in [5.74, 6) is -3.01. The lowest BCUT2D eigenvalue weighted by molar-refractivity contribution is 0.0691. The highest BCUT2D eigenvalue weighted by molar-refractivity contribution is 14.1. The minimum absolute atomic E-state index is 0.0453. The van der Waals surface area contributed by atoms with E-state index in [-0.39, 0.29) is 5.75 Å². The Balaban J connectivity index is 2.18. The minimum atomic E-state index is -1.38. The lowest BCUT2D eigenvalue weighted by atomic mass is 10.2. The predicted molar refractivity (Wildman–Crippen MR) is 77.5 cm³/mol. The highest BCUT2D eigenvalue weighted by Gasteiger charge is 2.13. The summed E-state index contributed by atoms with van der Waals surface area (Å²) in [7, 11) is 0. The van der Waals surface area contributed by atoms with Crippen molar-refractivity contribution in [2.24, 2.45) is 0 Å². The zero-order valence-corrected chi connectivity index (χ0v) is 12.1. The molecule has 1 N–H and O–H groups in total. The van der Waals surface area contributed by atoms with E-state index in [1.807, 2.05) is 0 Å². The van der Waals surface area contributed by atoms with Crippen LogP contribution in [0.15, 0.2) is 42.5 Å². The lowest BCUT2D eigenvalue weighted by Gasteiger charge is -2.05. The average molecular weight is 386 g/mol. The van der Waals surface area contributed by atoms with E-state index in [4.69, 9.17) is 9.84 Å². The second kappa shape index (κ2) is 6.00. The quantitative estimate of drug-likeness (QED) is 0.499. The van der Waals surface area contributed by atoms with Crippen molar-refractivity contribution in [2.45, 2.75) is 0 Å². The fourth-order valence-electron chi connectivity index (χ4n) is 1.48. The monoisotopic (exact) mass is 386 g/mol. The van der Waals surface area contributed by atoms with Gasteiger partial charge < -0.3 is 9.84 Å². The number of esters is 1. The summed E-state index contributed by atoms with van der Waals surface area (Å²) >= 11 is 2.10. The molecule has 0 aliphatic carbocycles. The molecule has 0 heterocycles. The van der Waals surface area contributed by atoms with Gasteiger partial charge in [0.05, 0.1) is 11.1 Å². The van der Waals surface area contributed by atoms with Gasteiger partial charge in [-0.25, -0.2) is 14.0 Å². The van der Waals surface area contributed by atoms with Gasteiger partial charge in [-0.05, 0) is 59.0 Å². The van der Waals surface area contributed by atoms with Crippen LogP contribution in [-0.2, 0) is 0 Å². The largest absolute Gasteiger partial charge is 0.478 e. The molecular formula is C14H8FIO4. The number of benzene rings is 2. The molecule has 2 aromatic carbocycles. The Labute approximate surface area is 127 Å². The first kappa shape index (κ1) is 14.4. The fraction of sp³-hybridized carbons (Fsp3) is 0. The standard InChI is InChI=1S/C14H8FIO4/c15-12-7-10(5-6-11(12)13(17)18)20-14(19)8-1-3-9(16)4-2-8/h1-7H,(H,17,18). The Hall–Kier alpha value is -1.96. The van der Waals surface area contributed by atoms with Crippen LogP contribution in [0.4, 0.5) is 4.39 Å². The Kier molecular flexibility index (Phi) is 4.33. The third kappa shape index (κ3) is 3.32. The summed E-state index contributed by atoms with van der Waals surface area (Å²) in [4.78, 5) is 22.5. The molecule has 102 valence electrons. The molecule has 0 saturated carbocycles. The number of carboxylic acids is 1. The second-order valence-corrected chi connectivity index (χ2v) is 5.09. The summed E-state index contributed by atoms with van der Waals surface area (Å²) in [5.41, 5.74) is -0.146. The van der Waals surface area contributed by atoms with E-state index < -0.39 is 23.3 Å². The fourth-order valence-corrected chi connectivity index (χ4v) is 1.84. The molecule has 0 aliphatic rings. The van der Waals surface area contributed by atoms with Gasteiger partial charge in [0.25, 0.3) is 0 Å². The Morgan fingerprint density at radius 2 is 1.75 bits per heavy atom. The third-order valence-electron chi connectivity index (χ3n) is 2.46. The number of aromatic carboxylic acids is 1. The van der Waals surface area contributed by atoms with Crippen molar-refractivity contribution in [3.63, 3.8) is 0 Å². The van der Waals surface area contributed by atoms with E-state index in [0.29, 0.717) is 5.56 Å². The lowest BCUT2D eigenvalue weighted by Crippen LogP contribution is -2.09. The van der Waals surface area contributed by atoms with E-state index in [9.17, 15) is 14.0 Å². The summed E-state index contributed by atoms with van der Waals surface area (Å²) < 4.78 is 19.4. The van der Waals surface area contributed by atoms with Crippen LogP contribution in [0.2, 0.25) is 0 Å². The molecule has 20 heavy (non-hydrogen) atoms. The van der Waals surface area contributed by atoms with E-state index in [1.54, 1.807) is 24.3 Å². The van der Waals surface area contributed by atoms with Crippen molar-refractivity contribution in [3.8, 4) is 5.75 Å². The molecule has 0 fully saturated rings. The number of hydrogen-bond donors (Lipinski definition) is 1. The summed E-state index contributed by atoms with van der Waals surface area (Å²) in [6.07, 6.45) is 0. The molecule has 0 atom stereocenters. The molecule has 0 aromatic heterocycles. The molecule has 0 spiro atoms. The molecule has 2 aromatic rings. The summed E-state index contributed by atoms with van der Waals surface area (Å²) in [6, 6.07) is 9.81. The highest BCUT2D eigenvalue weighted by atomic mass is 127. The first-order valence-electron chi connectivity index (χ1n) is 5.48. The SMILES string of the molecule is O=C(Oc1ccc(C(=O)O)c(F)c1)c1ccc(I)cc1. The van der Waals surface area contributed by atoms with Gasteiger partial charge in [-0.15, -0.1) is 0 Å². The third-order valence-corrected chi connectivity index (χ3v) is 3.18. The van der Waals surface area contributed by atoms with Gasteiger partial charge >= 0.3 is 11.9 Å². The van der Waals surface area contributed by atoms with Crippen LogP contribution >= 0.6 is 22.6 Å². The van der Waals surface area contributed by atoms with Crippen LogP contribution in [0.1, 0.15) is 20.7 Å². The van der Waals surface area contributed by atoms with Gasteiger partial charge in [-0.3, -0.25) is 0 Å². The number of halogens is 2. The Morgan fingerprint density at radius 1 is 1.10 bits per heavy atom. The molecule has 0 unspecified atom stereocenters. The zero-order chi connectivity index (χ0) is 14.7. The van der Waals surface area contributed by atoms with Gasteiger partial charge in [0.2, 0.25) is 0 Å². The molecular weight excluding hydrogens is 378 g/mol. The van der Waals surface area contributed by atoms with Gasteiger partial charge in [-0.2, -0.15) is 0 Å². The second-order valence-electron chi connectivity index (χ2n) is 3.84. The molecule has 0 aliphatic heterocycles. The van der Waals surface area contributed by atoms with Crippen molar-refractivity contribution in [2.75, 3.05) is 0 Å². The van der Waals surface area contributed by atoms with Crippen LogP contribution in [0.25, 0.3) is 0 Å². The van der Waals surface area contributed by atoms with Crippen molar-refractivity contribution in [1.82, 2.24) is 0 Å². The number of ether oxygens (including phenoxy) is 1. The zero-order valence-electron chi connectivity index (χ0n) is 9.97. The van der Waals surface area contributed by atoms with E-state index >= 15 is 0 Å². The number of hydrogen-bond acceptors (Lipinski definition) is 3. The van der Waals surface area contributed by atoms with Crippen molar-refractivity contribution < 1.29 is 23.8 Å². The van der Waals surface area contributed by atoms with E-state index in [0.717, 1.165) is 15.7 Å². The number of rotatable bonds is 3. The summed E-state index contributed by atoms with van der Waals surface area (Å²) in [6.45, 7) is 0. The van der Waals surface area contributed by atoms with Crippen LogP contribution in [0, 0.1) is 9.39 Å². The Bertz CT molecular complexity index is 667. The maximum absolute atomic E-state index is 13.4. The molecule has 6 heteroatoms. The smallest absolute Gasteiger partial charge is 0.343 e. The average Bonchev–Trinajstić information content (AvgIpc) is 2.39. The van der Waals surface area contributed by atoms with Gasteiger partial charge in [-0.1, -0.05) is 0 Å². The van der Waals surface area contributed by atoms with Crippen molar-refractivity contribution in [3.05, 3.63) is 63.0 Å². The number of carboxylic acid groups (broad SMARTS) is 1. The molecule has 0 amide bonds. The molecule has 2 rings (SSSR count). The first-order valence-corrected chi connectivity index (χ1v) is 6.56. The molecule has 4 nitrogen and oxygen atoms in total.